The second-order valence-electron chi connectivity index (χ2n) is 33.4. The molecule has 0 amide bonds. The van der Waals surface area contributed by atoms with Crippen molar-refractivity contribution in [2.75, 3.05) is 9.80 Å². The van der Waals surface area contributed by atoms with Crippen molar-refractivity contribution >= 4 is 79.0 Å². The molecule has 4 heteroatoms. The summed E-state index contributed by atoms with van der Waals surface area (Å²) in [6.07, 6.45) is 0. The summed E-state index contributed by atoms with van der Waals surface area (Å²) in [5.74, 6) is 0. The first-order valence-electron chi connectivity index (χ1n) is 47.2. The van der Waals surface area contributed by atoms with Crippen molar-refractivity contribution in [3.63, 3.8) is 0 Å². The Labute approximate surface area is 746 Å². The summed E-state index contributed by atoms with van der Waals surface area (Å²) in [6, 6.07) is 156. The molecule has 0 atom stereocenters. The average molecular weight is 1610 g/mol. The number of fused-ring (bicyclic) bond motifs is 13. The Kier molecular flexibility index (Phi) is 15.1. The van der Waals surface area contributed by atoms with Crippen LogP contribution in [0.5, 0.6) is 0 Å². The molecule has 21 aromatic rings. The summed E-state index contributed by atoms with van der Waals surface area (Å²) in [5, 5.41) is -0.0120. The molecule has 0 spiro atoms. The van der Waals surface area contributed by atoms with Crippen molar-refractivity contribution < 1.29 is 11.0 Å². The highest BCUT2D eigenvalue weighted by molar-refractivity contribution is 7.00. The first-order valence-corrected chi connectivity index (χ1v) is 43.2. The Morgan fingerprint density at radius 1 is 0.206 bits per heavy atom. The maximum Gasteiger partial charge on any atom is 0.252 e. The maximum absolute atomic E-state index is 10.0. The third kappa shape index (κ3) is 11.1. The van der Waals surface area contributed by atoms with Gasteiger partial charge in [0.1, 0.15) is 0 Å². The molecule has 0 bridgehead atoms. The fraction of sp³-hybridized carbons (Fsp3) is 0.0164. The van der Waals surface area contributed by atoms with Gasteiger partial charge in [-0.2, -0.15) is 0 Å². The molecule has 0 radical (unpaired) electrons. The summed E-state index contributed by atoms with van der Waals surface area (Å²) >= 11 is 0. The lowest BCUT2D eigenvalue weighted by molar-refractivity contribution is 0.769. The number of aromatic nitrogens is 1. The van der Waals surface area contributed by atoms with Gasteiger partial charge in [-0.25, -0.2) is 0 Å². The molecule has 2 aliphatic carbocycles. The largest absolute Gasteiger partial charge is 0.311 e. The van der Waals surface area contributed by atoms with E-state index in [0.717, 1.165) is 173 Å². The third-order valence-electron chi connectivity index (χ3n) is 27.0. The monoisotopic (exact) mass is 1610 g/mol. The average Bonchev–Trinajstić information content (AvgIpc) is 1.46. The molecule has 2 aliphatic heterocycles. The van der Waals surface area contributed by atoms with Crippen LogP contribution in [0.1, 0.15) is 55.5 Å². The standard InChI is InChI=1S/C122H80BN3/c1-9-35-81(36-10-1)85-64-71-114(104(73-85)87-61-67-100-98-53-27-31-57-106(98)121(108(100)75-87,91-43-17-5-18-44-91)92-45-19-6-20-46-92)125-116-77-89(97-52-26-25-51-96(97)84-41-15-4-16-42-84)63-69-110(116)123-111-70-66-95(124-112-59-33-29-55-102(112)103-56-30-34-60-113(103)124)80-117(111)126(119-79-90(78-118(125)120(119)123)83-39-13-3-14-40-83)115-72-65-86(82-37-11-2-12-38-82)74-105(115)88-62-68-101-99-54-28-32-58-107(99)122(109(101)76-88,93-47-21-7-22-48-93)94-49-23-8-24-50-94/h1-80H/i29D,30D,33D,34D,55D,56D,59D,60D. The predicted octanol–water partition coefficient (Wildman–Crippen LogP) is 29.3. The second kappa shape index (κ2) is 29.3. The highest BCUT2D eigenvalue weighted by Gasteiger charge is 2.50. The zero-order valence-corrected chi connectivity index (χ0v) is 68.5. The lowest BCUT2D eigenvalue weighted by Gasteiger charge is -2.45. The summed E-state index contributed by atoms with van der Waals surface area (Å²) < 4.78 is 78.7. The normalized spacial score (nSPS) is 14.2. The molecule has 4 aliphatic rings. The van der Waals surface area contributed by atoms with E-state index >= 15 is 0 Å². The van der Waals surface area contributed by atoms with Crippen LogP contribution >= 0.6 is 0 Å². The van der Waals surface area contributed by atoms with E-state index in [1.165, 1.54) is 22.3 Å². The number of rotatable bonds is 14. The maximum atomic E-state index is 10.0. The number of hydrogen-bond donors (Lipinski definition) is 0. The Bertz CT molecular complexity index is 8250. The van der Waals surface area contributed by atoms with E-state index in [2.05, 4.69) is 441 Å². The van der Waals surface area contributed by atoms with Gasteiger partial charge in [0.2, 0.25) is 0 Å². The van der Waals surface area contributed by atoms with Gasteiger partial charge in [-0.05, 0) is 229 Å². The van der Waals surface area contributed by atoms with Crippen molar-refractivity contribution in [2.45, 2.75) is 10.8 Å². The van der Waals surface area contributed by atoms with Crippen molar-refractivity contribution in [3.05, 3.63) is 530 Å². The zero-order chi connectivity index (χ0) is 89.9. The van der Waals surface area contributed by atoms with Gasteiger partial charge in [0.15, 0.2) is 0 Å². The minimum Gasteiger partial charge on any atom is -0.311 e. The first kappa shape index (κ1) is 64.7. The summed E-state index contributed by atoms with van der Waals surface area (Å²) in [5.41, 5.74) is 35.1. The fourth-order valence-electron chi connectivity index (χ4n) is 21.7. The Morgan fingerprint density at radius 2 is 0.532 bits per heavy atom. The third-order valence-corrected chi connectivity index (χ3v) is 27.0. The van der Waals surface area contributed by atoms with E-state index in [9.17, 15) is 11.0 Å². The molecule has 586 valence electrons. The molecule has 0 unspecified atom stereocenters. The van der Waals surface area contributed by atoms with Crippen molar-refractivity contribution in [1.82, 2.24) is 4.57 Å². The van der Waals surface area contributed by atoms with Crippen LogP contribution in [0.25, 0.3) is 128 Å². The van der Waals surface area contributed by atoms with Crippen molar-refractivity contribution in [2.24, 2.45) is 0 Å². The van der Waals surface area contributed by atoms with Crippen LogP contribution in [-0.4, -0.2) is 11.3 Å². The van der Waals surface area contributed by atoms with Gasteiger partial charge in [0.25, 0.3) is 6.71 Å². The summed E-state index contributed by atoms with van der Waals surface area (Å²) in [7, 11) is 0. The Balaban J connectivity index is 0.825. The van der Waals surface area contributed by atoms with Crippen molar-refractivity contribution in [1.29, 1.82) is 0 Å². The zero-order valence-electron chi connectivity index (χ0n) is 76.5. The molecule has 0 N–H and O–H groups in total. The summed E-state index contributed by atoms with van der Waals surface area (Å²) in [6.45, 7) is -0.562. The van der Waals surface area contributed by atoms with Gasteiger partial charge in [0, 0.05) is 50.3 Å². The molecule has 0 saturated carbocycles. The lowest BCUT2D eigenvalue weighted by Crippen LogP contribution is -2.61. The second-order valence-corrected chi connectivity index (χ2v) is 33.4. The van der Waals surface area contributed by atoms with Gasteiger partial charge in [0.05, 0.1) is 44.2 Å². The van der Waals surface area contributed by atoms with Gasteiger partial charge >= 0.3 is 0 Å². The minimum atomic E-state index is -0.784. The lowest BCUT2D eigenvalue weighted by atomic mass is 9.33. The van der Waals surface area contributed by atoms with Crippen molar-refractivity contribution in [3.8, 4) is 106 Å². The molecule has 3 heterocycles. The number of benzene rings is 20. The smallest absolute Gasteiger partial charge is 0.252 e. The Morgan fingerprint density at radius 3 is 0.976 bits per heavy atom. The SMILES string of the molecule is [2H]c1c([2H])c([2H])c2c(c1[2H])c1c([2H])c([2H])c([2H])c([2H])c1n2-c1ccc2c(c1)N(c1ccc(-c3ccccc3)cc1-c1ccc3c(c1)C(c1ccccc1)(c1ccccc1)c1ccccc1-3)c1cc(-c3ccccc3)cc3c1B2c1ccc(-c2ccccc2-c2ccccc2)cc1N3c1ccc(-c2ccccc2)cc1-c1ccc2c(c1)C(c1ccccc1)(c1ccccc1)c1ccccc1-2. The van der Waals surface area contributed by atoms with E-state index in [0.29, 0.717) is 5.69 Å². The fourth-order valence-corrected chi connectivity index (χ4v) is 21.7. The van der Waals surface area contributed by atoms with Gasteiger partial charge in [-0.15, -0.1) is 0 Å². The van der Waals surface area contributed by atoms with E-state index in [-0.39, 0.29) is 33.9 Å². The number of anilines is 6. The molecule has 20 aromatic carbocycles. The number of hydrogen-bond acceptors (Lipinski definition) is 2. The highest BCUT2D eigenvalue weighted by Crippen LogP contribution is 2.61. The van der Waals surface area contributed by atoms with Crippen LogP contribution in [-0.2, 0) is 10.8 Å². The van der Waals surface area contributed by atoms with E-state index in [1.807, 2.05) is 6.07 Å². The van der Waals surface area contributed by atoms with Gasteiger partial charge < -0.3 is 14.4 Å². The van der Waals surface area contributed by atoms with Crippen LogP contribution in [0.2, 0.25) is 0 Å². The van der Waals surface area contributed by atoms with E-state index < -0.39 is 53.8 Å². The molecule has 25 rings (SSSR count). The van der Waals surface area contributed by atoms with Gasteiger partial charge in [-0.1, -0.05) is 406 Å². The first-order chi connectivity index (χ1) is 65.8. The highest BCUT2D eigenvalue weighted by atomic mass is 15.2. The molecule has 3 nitrogen and oxygen atoms in total. The van der Waals surface area contributed by atoms with Crippen LogP contribution in [0, 0.1) is 0 Å². The van der Waals surface area contributed by atoms with Gasteiger partial charge in [-0.3, -0.25) is 0 Å². The predicted molar refractivity (Wildman–Crippen MR) is 527 cm³/mol. The van der Waals surface area contributed by atoms with Crippen LogP contribution in [0.15, 0.2) is 485 Å². The molecule has 0 fully saturated rings. The van der Waals surface area contributed by atoms with Crippen LogP contribution < -0.4 is 26.2 Å². The number of para-hydroxylation sites is 2. The molecule has 126 heavy (non-hydrogen) atoms. The quantitative estimate of drug-likeness (QED) is 0.101. The van der Waals surface area contributed by atoms with E-state index in [4.69, 9.17) is 0 Å². The van der Waals surface area contributed by atoms with Crippen LogP contribution in [0.3, 0.4) is 0 Å². The molecule has 1 aromatic heterocycles. The minimum absolute atomic E-state index is 0.00602. The van der Waals surface area contributed by atoms with E-state index in [1.54, 1.807) is 4.57 Å². The van der Waals surface area contributed by atoms with Crippen LogP contribution in [0.4, 0.5) is 34.1 Å². The molecular formula is C122H80BN3. The number of nitrogens with zero attached hydrogens (tertiary/aromatic N) is 3. The molecule has 0 saturated heterocycles. The molecular weight excluding hydrogens is 1520 g/mol. The summed E-state index contributed by atoms with van der Waals surface area (Å²) in [4.78, 5) is 5.00. The Hall–Kier alpha value is -16.1. The topological polar surface area (TPSA) is 11.4 Å².